The van der Waals surface area contributed by atoms with E-state index in [0.29, 0.717) is 56.3 Å². The topological polar surface area (TPSA) is 88.2 Å². The van der Waals surface area contributed by atoms with Gasteiger partial charge in [0.1, 0.15) is 5.82 Å². The third kappa shape index (κ3) is 5.33. The van der Waals surface area contributed by atoms with Crippen LogP contribution in [0.25, 0.3) is 0 Å². The lowest BCUT2D eigenvalue weighted by atomic mass is 10.1. The number of nitrogens with one attached hydrogen (secondary N) is 1. The zero-order valence-corrected chi connectivity index (χ0v) is 18.3. The molecule has 1 saturated heterocycles. The van der Waals surface area contributed by atoms with Crippen molar-refractivity contribution in [3.63, 3.8) is 0 Å². The highest BCUT2D eigenvalue weighted by molar-refractivity contribution is 7.89. The molecular formula is C21H26FN3O5S. The standard InChI is InChI=1S/C21H26FN3O5S/c1-29-19-5-3-4-18(20(19)30-2)21(26)23-10-11-24-12-14-25(15-13-24)31(27,28)17-8-6-16(22)7-9-17/h3-9H,10-15H2,1-2H3,(H,23,26). The van der Waals surface area contributed by atoms with Crippen LogP contribution in [-0.2, 0) is 10.0 Å². The van der Waals surface area contributed by atoms with Gasteiger partial charge in [0.2, 0.25) is 10.0 Å². The van der Waals surface area contributed by atoms with Crippen LogP contribution in [0.2, 0.25) is 0 Å². The van der Waals surface area contributed by atoms with E-state index in [1.807, 2.05) is 0 Å². The van der Waals surface area contributed by atoms with Gasteiger partial charge in [0.05, 0.1) is 24.7 Å². The first-order valence-electron chi connectivity index (χ1n) is 9.84. The average Bonchev–Trinajstić information content (AvgIpc) is 2.79. The zero-order valence-electron chi connectivity index (χ0n) is 17.5. The Morgan fingerprint density at radius 3 is 2.32 bits per heavy atom. The van der Waals surface area contributed by atoms with Crippen LogP contribution in [0.3, 0.4) is 0 Å². The van der Waals surface area contributed by atoms with Crippen molar-refractivity contribution in [2.75, 3.05) is 53.5 Å². The van der Waals surface area contributed by atoms with Crippen molar-refractivity contribution in [3.8, 4) is 11.5 Å². The summed E-state index contributed by atoms with van der Waals surface area (Å²) in [4.78, 5) is 14.7. The van der Waals surface area contributed by atoms with Crippen LogP contribution in [0, 0.1) is 5.82 Å². The molecule has 1 amide bonds. The number of sulfonamides is 1. The summed E-state index contributed by atoms with van der Waals surface area (Å²) in [5.74, 6) is 0.112. The quantitative estimate of drug-likeness (QED) is 0.656. The number of ether oxygens (including phenoxy) is 2. The average molecular weight is 452 g/mol. The minimum Gasteiger partial charge on any atom is -0.493 e. The molecule has 0 atom stereocenters. The van der Waals surface area contributed by atoms with Gasteiger partial charge < -0.3 is 14.8 Å². The second-order valence-corrected chi connectivity index (χ2v) is 8.93. The molecule has 0 radical (unpaired) electrons. The Morgan fingerprint density at radius 1 is 1.03 bits per heavy atom. The summed E-state index contributed by atoms with van der Waals surface area (Å²) in [5.41, 5.74) is 0.386. The third-order valence-electron chi connectivity index (χ3n) is 5.14. The molecule has 168 valence electrons. The van der Waals surface area contributed by atoms with Crippen molar-refractivity contribution in [2.45, 2.75) is 4.90 Å². The molecule has 3 rings (SSSR count). The highest BCUT2D eigenvalue weighted by atomic mass is 32.2. The van der Waals surface area contributed by atoms with Gasteiger partial charge in [-0.2, -0.15) is 4.31 Å². The van der Waals surface area contributed by atoms with Gasteiger partial charge in [-0.1, -0.05) is 6.07 Å². The monoisotopic (exact) mass is 451 g/mol. The lowest BCUT2D eigenvalue weighted by molar-refractivity contribution is 0.0941. The van der Waals surface area contributed by atoms with E-state index in [9.17, 15) is 17.6 Å². The van der Waals surface area contributed by atoms with Crippen molar-refractivity contribution >= 4 is 15.9 Å². The molecule has 10 heteroatoms. The van der Waals surface area contributed by atoms with Crippen molar-refractivity contribution in [1.29, 1.82) is 0 Å². The summed E-state index contributed by atoms with van der Waals surface area (Å²) in [7, 11) is -0.652. The SMILES string of the molecule is COc1cccc(C(=O)NCCN2CCN(S(=O)(=O)c3ccc(F)cc3)CC2)c1OC. The highest BCUT2D eigenvalue weighted by Crippen LogP contribution is 2.30. The Bertz CT molecular complexity index is 1010. The maximum atomic E-state index is 13.1. The Balaban J connectivity index is 1.50. The van der Waals surface area contributed by atoms with Crippen LogP contribution >= 0.6 is 0 Å². The van der Waals surface area contributed by atoms with Crippen LogP contribution in [-0.4, -0.2) is 77.0 Å². The molecule has 1 aliphatic heterocycles. The lowest BCUT2D eigenvalue weighted by Crippen LogP contribution is -2.50. The fourth-order valence-electron chi connectivity index (χ4n) is 3.44. The first-order valence-corrected chi connectivity index (χ1v) is 11.3. The Hall–Kier alpha value is -2.69. The number of carbonyl (C=O) groups is 1. The van der Waals surface area contributed by atoms with Gasteiger partial charge in [-0.25, -0.2) is 12.8 Å². The van der Waals surface area contributed by atoms with E-state index in [4.69, 9.17) is 9.47 Å². The molecule has 0 spiro atoms. The first-order chi connectivity index (χ1) is 14.9. The molecule has 2 aromatic rings. The molecule has 0 saturated carbocycles. The largest absolute Gasteiger partial charge is 0.493 e. The molecule has 0 aromatic heterocycles. The number of methoxy groups -OCH3 is 2. The van der Waals surface area contributed by atoms with Gasteiger partial charge in [-0.15, -0.1) is 0 Å². The molecule has 1 aliphatic rings. The van der Waals surface area contributed by atoms with Gasteiger partial charge >= 0.3 is 0 Å². The lowest BCUT2D eigenvalue weighted by Gasteiger charge is -2.34. The number of hydrogen-bond acceptors (Lipinski definition) is 6. The minimum atomic E-state index is -3.64. The van der Waals surface area contributed by atoms with Crippen molar-refractivity contribution in [3.05, 3.63) is 53.8 Å². The van der Waals surface area contributed by atoms with Crippen LogP contribution in [0.15, 0.2) is 47.4 Å². The summed E-state index contributed by atoms with van der Waals surface area (Å²) in [6.07, 6.45) is 0. The van der Waals surface area contributed by atoms with E-state index in [2.05, 4.69) is 10.2 Å². The summed E-state index contributed by atoms with van der Waals surface area (Å²) < 4.78 is 50.3. The maximum absolute atomic E-state index is 13.1. The molecule has 1 fully saturated rings. The Labute approximate surface area is 181 Å². The van der Waals surface area contributed by atoms with Crippen molar-refractivity contribution in [1.82, 2.24) is 14.5 Å². The van der Waals surface area contributed by atoms with Gasteiger partial charge in [-0.3, -0.25) is 9.69 Å². The fraction of sp³-hybridized carbons (Fsp3) is 0.381. The molecule has 0 aliphatic carbocycles. The number of halogens is 1. The third-order valence-corrected chi connectivity index (χ3v) is 7.06. The predicted octanol–water partition coefficient (Wildman–Crippen LogP) is 1.58. The van der Waals surface area contributed by atoms with Crippen LogP contribution in [0.5, 0.6) is 11.5 Å². The molecule has 0 unspecified atom stereocenters. The number of piperazine rings is 1. The molecule has 2 aromatic carbocycles. The number of nitrogens with zero attached hydrogens (tertiary/aromatic N) is 2. The predicted molar refractivity (Wildman–Crippen MR) is 113 cm³/mol. The van der Waals surface area contributed by atoms with E-state index in [1.165, 1.54) is 30.7 Å². The number of para-hydroxylation sites is 1. The van der Waals surface area contributed by atoms with E-state index in [1.54, 1.807) is 18.2 Å². The number of carbonyl (C=O) groups excluding carboxylic acids is 1. The molecule has 1 heterocycles. The van der Waals surface area contributed by atoms with Crippen LogP contribution in [0.4, 0.5) is 4.39 Å². The first kappa shape index (κ1) is 23.0. The molecule has 0 bridgehead atoms. The summed E-state index contributed by atoms with van der Waals surface area (Å²) in [6, 6.07) is 9.94. The van der Waals surface area contributed by atoms with E-state index in [0.717, 1.165) is 12.1 Å². The van der Waals surface area contributed by atoms with Crippen LogP contribution in [0.1, 0.15) is 10.4 Å². The molecule has 1 N–H and O–H groups in total. The summed E-state index contributed by atoms with van der Waals surface area (Å²) in [5, 5.41) is 2.86. The smallest absolute Gasteiger partial charge is 0.255 e. The van der Waals surface area contributed by atoms with Gasteiger partial charge in [0, 0.05) is 39.3 Å². The van der Waals surface area contributed by atoms with Crippen LogP contribution < -0.4 is 14.8 Å². The number of hydrogen-bond donors (Lipinski definition) is 1. The Kier molecular flexibility index (Phi) is 7.47. The van der Waals surface area contributed by atoms with E-state index >= 15 is 0 Å². The normalized spacial score (nSPS) is 15.5. The number of rotatable bonds is 8. The summed E-state index contributed by atoms with van der Waals surface area (Å²) in [6.45, 7) is 2.73. The molecule has 8 nitrogen and oxygen atoms in total. The van der Waals surface area contributed by atoms with Crippen molar-refractivity contribution in [2.24, 2.45) is 0 Å². The second kappa shape index (κ2) is 10.1. The maximum Gasteiger partial charge on any atom is 0.255 e. The van der Waals surface area contributed by atoms with Gasteiger partial charge in [0.15, 0.2) is 11.5 Å². The minimum absolute atomic E-state index is 0.0850. The van der Waals surface area contributed by atoms with Gasteiger partial charge in [-0.05, 0) is 36.4 Å². The Morgan fingerprint density at radius 2 is 1.71 bits per heavy atom. The zero-order chi connectivity index (χ0) is 22.4. The number of amides is 1. The number of benzene rings is 2. The van der Waals surface area contributed by atoms with Crippen molar-refractivity contribution < 1.29 is 27.1 Å². The fourth-order valence-corrected chi connectivity index (χ4v) is 4.86. The molecular weight excluding hydrogens is 425 g/mol. The second-order valence-electron chi connectivity index (χ2n) is 7.00. The summed E-state index contributed by atoms with van der Waals surface area (Å²) >= 11 is 0. The van der Waals surface area contributed by atoms with Gasteiger partial charge in [0.25, 0.3) is 5.91 Å². The van der Waals surface area contributed by atoms with E-state index in [-0.39, 0.29) is 10.8 Å². The highest BCUT2D eigenvalue weighted by Gasteiger charge is 2.28. The van der Waals surface area contributed by atoms with E-state index < -0.39 is 15.8 Å². The molecule has 31 heavy (non-hydrogen) atoms.